The van der Waals surface area contributed by atoms with E-state index in [0.29, 0.717) is 5.41 Å². The van der Waals surface area contributed by atoms with Crippen LogP contribution in [0.3, 0.4) is 0 Å². The third-order valence-corrected chi connectivity index (χ3v) is 4.62. The average Bonchev–Trinajstić information content (AvgIpc) is 2.46. The van der Waals surface area contributed by atoms with E-state index in [9.17, 15) is 0 Å². The quantitative estimate of drug-likeness (QED) is 0.735. The molecule has 0 bridgehead atoms. The molecule has 0 amide bonds. The number of nitrogens with zero attached hydrogens (tertiary/aromatic N) is 1. The van der Waals surface area contributed by atoms with Crippen molar-refractivity contribution in [1.29, 1.82) is 0 Å². The zero-order chi connectivity index (χ0) is 15.0. The lowest BCUT2D eigenvalue weighted by atomic mass is 9.81. The van der Waals surface area contributed by atoms with Crippen LogP contribution in [-0.2, 0) is 6.54 Å². The molecular weight excluding hydrogens is 268 g/mol. The summed E-state index contributed by atoms with van der Waals surface area (Å²) >= 11 is 6.25. The minimum absolute atomic E-state index is 0.353. The van der Waals surface area contributed by atoms with E-state index in [1.54, 1.807) is 0 Å². The number of halogens is 1. The lowest BCUT2D eigenvalue weighted by Crippen LogP contribution is -2.42. The van der Waals surface area contributed by atoms with Gasteiger partial charge in [-0.1, -0.05) is 50.6 Å². The average molecular weight is 297 g/mol. The zero-order valence-electron chi connectivity index (χ0n) is 13.4. The second kappa shape index (κ2) is 8.66. The van der Waals surface area contributed by atoms with Crippen LogP contribution in [0, 0.1) is 5.41 Å². The highest BCUT2D eigenvalue weighted by Crippen LogP contribution is 2.27. The van der Waals surface area contributed by atoms with Gasteiger partial charge in [-0.2, -0.15) is 0 Å². The number of nitrogens with one attached hydrogen (secondary N) is 1. The van der Waals surface area contributed by atoms with E-state index in [4.69, 9.17) is 11.6 Å². The van der Waals surface area contributed by atoms with Gasteiger partial charge in [-0.25, -0.2) is 0 Å². The van der Waals surface area contributed by atoms with E-state index >= 15 is 0 Å². The first-order chi connectivity index (χ1) is 9.56. The summed E-state index contributed by atoms with van der Waals surface area (Å²) in [6, 6.07) is 8.12. The summed E-state index contributed by atoms with van der Waals surface area (Å²) in [4.78, 5) is 2.39. The third kappa shape index (κ3) is 5.08. The van der Waals surface area contributed by atoms with Crippen LogP contribution in [0.25, 0.3) is 0 Å². The maximum Gasteiger partial charge on any atom is 0.0451 e. The topological polar surface area (TPSA) is 15.3 Å². The molecule has 3 heteroatoms. The fourth-order valence-corrected chi connectivity index (χ4v) is 2.91. The van der Waals surface area contributed by atoms with Crippen LogP contribution in [0.2, 0.25) is 5.02 Å². The van der Waals surface area contributed by atoms with Crippen molar-refractivity contribution in [1.82, 2.24) is 10.2 Å². The van der Waals surface area contributed by atoms with Gasteiger partial charge in [-0.3, -0.25) is 0 Å². The van der Waals surface area contributed by atoms with Crippen LogP contribution < -0.4 is 5.32 Å². The molecule has 1 rings (SSSR count). The van der Waals surface area contributed by atoms with Crippen molar-refractivity contribution in [3.8, 4) is 0 Å². The number of benzene rings is 1. The lowest BCUT2D eigenvalue weighted by molar-refractivity contribution is 0.151. The van der Waals surface area contributed by atoms with Gasteiger partial charge in [0, 0.05) is 24.7 Å². The summed E-state index contributed by atoms with van der Waals surface area (Å²) in [5.74, 6) is 0. The van der Waals surface area contributed by atoms with E-state index in [2.05, 4.69) is 50.2 Å². The smallest absolute Gasteiger partial charge is 0.0451 e. The second-order valence-corrected chi connectivity index (χ2v) is 6.16. The first-order valence-electron chi connectivity index (χ1n) is 7.69. The fourth-order valence-electron chi connectivity index (χ4n) is 2.72. The Balaban J connectivity index is 2.66. The zero-order valence-corrected chi connectivity index (χ0v) is 14.1. The molecule has 20 heavy (non-hydrogen) atoms. The van der Waals surface area contributed by atoms with E-state index in [1.807, 2.05) is 12.1 Å². The van der Waals surface area contributed by atoms with E-state index in [1.165, 1.54) is 18.4 Å². The maximum atomic E-state index is 6.25. The largest absolute Gasteiger partial charge is 0.316 e. The molecule has 0 aliphatic rings. The minimum Gasteiger partial charge on any atom is -0.316 e. The Morgan fingerprint density at radius 2 is 1.80 bits per heavy atom. The molecule has 1 N–H and O–H groups in total. The van der Waals surface area contributed by atoms with Crippen LogP contribution >= 0.6 is 11.6 Å². The number of rotatable bonds is 9. The molecular formula is C17H29ClN2. The van der Waals surface area contributed by atoms with Gasteiger partial charge < -0.3 is 10.2 Å². The molecule has 0 radical (unpaired) electrons. The van der Waals surface area contributed by atoms with Gasteiger partial charge in [0.2, 0.25) is 0 Å². The Labute approximate surface area is 129 Å². The van der Waals surface area contributed by atoms with Gasteiger partial charge in [0.15, 0.2) is 0 Å². The Bertz CT molecular complexity index is 388. The van der Waals surface area contributed by atoms with E-state index in [-0.39, 0.29) is 0 Å². The molecule has 1 aromatic rings. The molecule has 0 fully saturated rings. The van der Waals surface area contributed by atoms with Gasteiger partial charge in [0.25, 0.3) is 0 Å². The van der Waals surface area contributed by atoms with Crippen molar-refractivity contribution in [2.75, 3.05) is 26.7 Å². The highest BCUT2D eigenvalue weighted by atomic mass is 35.5. The van der Waals surface area contributed by atoms with Crippen LogP contribution in [0.1, 0.15) is 39.2 Å². The first-order valence-corrected chi connectivity index (χ1v) is 8.07. The van der Waals surface area contributed by atoms with Crippen molar-refractivity contribution in [3.63, 3.8) is 0 Å². The molecule has 2 nitrogen and oxygen atoms in total. The van der Waals surface area contributed by atoms with Crippen LogP contribution in [0.5, 0.6) is 0 Å². The molecule has 0 heterocycles. The SMILES string of the molecule is CCNCC(CC)(CC)CN(C)Cc1ccccc1Cl. The number of hydrogen-bond acceptors (Lipinski definition) is 2. The Hall–Kier alpha value is -0.570. The highest BCUT2D eigenvalue weighted by molar-refractivity contribution is 6.31. The fraction of sp³-hybridized carbons (Fsp3) is 0.647. The normalized spacial score (nSPS) is 12.1. The van der Waals surface area contributed by atoms with Crippen molar-refractivity contribution < 1.29 is 0 Å². The third-order valence-electron chi connectivity index (χ3n) is 4.25. The first kappa shape index (κ1) is 17.5. The van der Waals surface area contributed by atoms with Crippen molar-refractivity contribution >= 4 is 11.6 Å². The predicted octanol–water partition coefficient (Wildman–Crippen LogP) is 4.19. The molecule has 0 spiro atoms. The molecule has 0 atom stereocenters. The molecule has 1 aromatic carbocycles. The summed E-state index contributed by atoms with van der Waals surface area (Å²) in [5.41, 5.74) is 1.56. The molecule has 0 aromatic heterocycles. The van der Waals surface area contributed by atoms with Crippen LogP contribution in [0.4, 0.5) is 0 Å². The van der Waals surface area contributed by atoms with Crippen molar-refractivity contribution in [3.05, 3.63) is 34.9 Å². The predicted molar refractivity (Wildman–Crippen MR) is 89.3 cm³/mol. The highest BCUT2D eigenvalue weighted by Gasteiger charge is 2.27. The van der Waals surface area contributed by atoms with Crippen molar-refractivity contribution in [2.45, 2.75) is 40.2 Å². The van der Waals surface area contributed by atoms with Gasteiger partial charge in [0.1, 0.15) is 0 Å². The van der Waals surface area contributed by atoms with Gasteiger partial charge in [-0.05, 0) is 43.5 Å². The molecule has 0 unspecified atom stereocenters. The Kier molecular flexibility index (Phi) is 7.57. The standard InChI is InChI=1S/C17H29ClN2/c1-5-17(6-2,13-19-7-3)14-20(4)12-15-10-8-9-11-16(15)18/h8-11,19H,5-7,12-14H2,1-4H3. The van der Waals surface area contributed by atoms with E-state index in [0.717, 1.165) is 31.2 Å². The van der Waals surface area contributed by atoms with Crippen LogP contribution in [-0.4, -0.2) is 31.6 Å². The van der Waals surface area contributed by atoms with Gasteiger partial charge >= 0.3 is 0 Å². The minimum atomic E-state index is 0.353. The summed E-state index contributed by atoms with van der Waals surface area (Å²) < 4.78 is 0. The molecule has 114 valence electrons. The van der Waals surface area contributed by atoms with Gasteiger partial charge in [-0.15, -0.1) is 0 Å². The molecule has 0 aliphatic heterocycles. The summed E-state index contributed by atoms with van der Waals surface area (Å²) in [5, 5.41) is 4.38. The molecule has 0 aliphatic carbocycles. The maximum absolute atomic E-state index is 6.25. The Morgan fingerprint density at radius 3 is 2.35 bits per heavy atom. The molecule has 0 saturated heterocycles. The summed E-state index contributed by atoms with van der Waals surface area (Å²) in [6.07, 6.45) is 2.40. The van der Waals surface area contributed by atoms with Gasteiger partial charge in [0.05, 0.1) is 0 Å². The summed E-state index contributed by atoms with van der Waals surface area (Å²) in [7, 11) is 2.19. The second-order valence-electron chi connectivity index (χ2n) is 5.75. The summed E-state index contributed by atoms with van der Waals surface area (Å²) in [6.45, 7) is 10.9. The number of hydrogen-bond donors (Lipinski definition) is 1. The van der Waals surface area contributed by atoms with Crippen LogP contribution in [0.15, 0.2) is 24.3 Å². The Morgan fingerprint density at radius 1 is 1.15 bits per heavy atom. The van der Waals surface area contributed by atoms with Crippen molar-refractivity contribution in [2.24, 2.45) is 5.41 Å². The van der Waals surface area contributed by atoms with E-state index < -0.39 is 0 Å². The monoisotopic (exact) mass is 296 g/mol. The lowest BCUT2D eigenvalue weighted by Gasteiger charge is -2.36. The molecule has 0 saturated carbocycles.